The Morgan fingerprint density at radius 1 is 0.909 bits per heavy atom. The number of amidine groups is 1. The highest BCUT2D eigenvalue weighted by atomic mass is 19.1. The molecule has 0 bridgehead atoms. The average molecular weight is 605 g/mol. The quantitative estimate of drug-likeness (QED) is 0.0905. The number of methoxy groups -OCH3 is 1. The van der Waals surface area contributed by atoms with Gasteiger partial charge in [0.2, 0.25) is 17.4 Å². The Bertz CT molecular complexity index is 1780. The number of nitrogen functional groups attached to an aromatic ring is 1. The summed E-state index contributed by atoms with van der Waals surface area (Å²) in [5.74, 6) is -7.51. The number of nitrogens with one attached hydrogen (secondary N) is 1. The molecular weight excluding hydrogens is 578 g/mol. The highest BCUT2D eigenvalue weighted by Gasteiger charge is 2.27. The van der Waals surface area contributed by atoms with E-state index in [2.05, 4.69) is 9.72 Å². The number of aromatic nitrogens is 1. The van der Waals surface area contributed by atoms with E-state index in [1.165, 1.54) is 72.7 Å². The van der Waals surface area contributed by atoms with Crippen LogP contribution in [0.5, 0.6) is 40.5 Å². The third-order valence-electron chi connectivity index (χ3n) is 5.85. The van der Waals surface area contributed by atoms with Gasteiger partial charge in [0.25, 0.3) is 17.7 Å². The number of nitrogens with zero attached hydrogens (tertiary/aromatic N) is 2. The molecule has 0 aliphatic heterocycles. The van der Waals surface area contributed by atoms with Crippen LogP contribution in [0, 0.1) is 17.0 Å². The molecule has 0 saturated heterocycles. The Labute approximate surface area is 250 Å². The van der Waals surface area contributed by atoms with Crippen LogP contribution >= 0.6 is 0 Å². The number of hydrogen-bond acceptors (Lipinski definition) is 9. The Morgan fingerprint density at radius 3 is 2.23 bits per heavy atom. The average Bonchev–Trinajstić information content (AvgIpc) is 3.01. The van der Waals surface area contributed by atoms with Gasteiger partial charge in [-0.2, -0.15) is 13.8 Å². The molecule has 0 unspecified atom stereocenters. The molecule has 0 atom stereocenters. The number of hydrogen-bond donors (Lipinski definition) is 3. The van der Waals surface area contributed by atoms with Crippen LogP contribution in [0.3, 0.4) is 0 Å². The summed E-state index contributed by atoms with van der Waals surface area (Å²) in [5, 5.41) is 17.9. The van der Waals surface area contributed by atoms with Gasteiger partial charge in [0.05, 0.1) is 7.11 Å². The van der Waals surface area contributed by atoms with E-state index in [4.69, 9.17) is 25.4 Å². The zero-order chi connectivity index (χ0) is 32.0. The lowest BCUT2D eigenvalue weighted by Gasteiger charge is -2.16. The molecule has 226 valence electrons. The minimum absolute atomic E-state index is 0.0102. The highest BCUT2D eigenvalue weighted by molar-refractivity contribution is 5.95. The van der Waals surface area contributed by atoms with E-state index in [1.807, 2.05) is 0 Å². The maximum Gasteiger partial charge on any atom is 0.330 e. The molecule has 0 spiro atoms. The molecule has 44 heavy (non-hydrogen) atoms. The first-order valence-corrected chi connectivity index (χ1v) is 12.7. The van der Waals surface area contributed by atoms with Crippen LogP contribution < -0.4 is 19.9 Å². The van der Waals surface area contributed by atoms with Gasteiger partial charge in [-0.15, -0.1) is 0 Å². The number of benzene rings is 3. The summed E-state index contributed by atoms with van der Waals surface area (Å²) < 4.78 is 52.9. The van der Waals surface area contributed by atoms with Crippen LogP contribution in [0.4, 0.5) is 8.78 Å². The van der Waals surface area contributed by atoms with Crippen molar-refractivity contribution < 1.29 is 42.4 Å². The Balaban J connectivity index is 1.80. The lowest BCUT2D eigenvalue weighted by atomic mass is 10.2. The fraction of sp³-hybridized carbons (Fsp3) is 0.0968. The van der Waals surface area contributed by atoms with Crippen molar-refractivity contribution in [3.8, 4) is 40.5 Å². The molecule has 13 heteroatoms. The van der Waals surface area contributed by atoms with Crippen LogP contribution in [0.1, 0.15) is 21.5 Å². The second-order valence-electron chi connectivity index (χ2n) is 9.24. The second-order valence-corrected chi connectivity index (χ2v) is 9.24. The number of phenolic OH excluding ortho intramolecular Hbond substituents is 1. The Kier molecular flexibility index (Phi) is 9.38. The van der Waals surface area contributed by atoms with Crippen molar-refractivity contribution in [3.63, 3.8) is 0 Å². The van der Waals surface area contributed by atoms with E-state index in [0.717, 1.165) is 12.1 Å². The summed E-state index contributed by atoms with van der Waals surface area (Å²) in [4.78, 5) is 29.1. The normalized spacial score (nSPS) is 10.8. The molecule has 4 aromatic rings. The van der Waals surface area contributed by atoms with Crippen molar-refractivity contribution in [1.82, 2.24) is 9.88 Å². The monoisotopic (exact) mass is 604 g/mol. The van der Waals surface area contributed by atoms with Crippen LogP contribution in [-0.4, -0.2) is 53.9 Å². The minimum Gasteiger partial charge on any atom is -0.504 e. The summed E-state index contributed by atoms with van der Waals surface area (Å²) in [6.07, 6.45) is 2.56. The van der Waals surface area contributed by atoms with E-state index in [1.54, 1.807) is 20.2 Å². The van der Waals surface area contributed by atoms with Gasteiger partial charge in [0, 0.05) is 31.3 Å². The van der Waals surface area contributed by atoms with Gasteiger partial charge in [-0.1, -0.05) is 18.2 Å². The van der Waals surface area contributed by atoms with E-state index in [-0.39, 0.29) is 40.1 Å². The van der Waals surface area contributed by atoms with Gasteiger partial charge in [0.15, 0.2) is 11.5 Å². The van der Waals surface area contributed by atoms with Crippen molar-refractivity contribution in [2.24, 2.45) is 5.73 Å². The number of nitrogens with two attached hydrogens (primary N) is 1. The first kappa shape index (κ1) is 31.0. The number of aromatic hydroxyl groups is 1. The molecule has 0 radical (unpaired) electrons. The van der Waals surface area contributed by atoms with Gasteiger partial charge in [-0.25, -0.2) is 4.79 Å². The molecular formula is C31H26F2N4O7. The van der Waals surface area contributed by atoms with Crippen molar-refractivity contribution in [2.45, 2.75) is 0 Å². The van der Waals surface area contributed by atoms with Crippen molar-refractivity contribution >= 4 is 23.8 Å². The molecule has 0 aliphatic rings. The highest BCUT2D eigenvalue weighted by Crippen LogP contribution is 2.41. The smallest absolute Gasteiger partial charge is 0.330 e. The van der Waals surface area contributed by atoms with Gasteiger partial charge in [-0.3, -0.25) is 10.2 Å². The number of pyridine rings is 1. The third kappa shape index (κ3) is 7.26. The van der Waals surface area contributed by atoms with Crippen LogP contribution in [0.2, 0.25) is 0 Å². The van der Waals surface area contributed by atoms with E-state index < -0.39 is 40.9 Å². The van der Waals surface area contributed by atoms with Crippen molar-refractivity contribution in [3.05, 3.63) is 101 Å². The Morgan fingerprint density at radius 2 is 1.57 bits per heavy atom. The minimum atomic E-state index is -1.39. The fourth-order valence-electron chi connectivity index (χ4n) is 3.67. The van der Waals surface area contributed by atoms with Gasteiger partial charge < -0.3 is 34.7 Å². The molecule has 0 saturated carbocycles. The number of ether oxygens (including phenoxy) is 4. The summed E-state index contributed by atoms with van der Waals surface area (Å²) in [5.41, 5.74) is 6.34. The fourth-order valence-corrected chi connectivity index (χ4v) is 3.67. The zero-order valence-electron chi connectivity index (χ0n) is 23.6. The molecule has 1 heterocycles. The molecule has 4 N–H and O–H groups in total. The molecule has 11 nitrogen and oxygen atoms in total. The summed E-state index contributed by atoms with van der Waals surface area (Å²) in [7, 11) is 4.33. The molecule has 0 aliphatic carbocycles. The number of rotatable bonds is 10. The van der Waals surface area contributed by atoms with Crippen molar-refractivity contribution in [2.75, 3.05) is 21.2 Å². The number of amides is 1. The molecule has 3 aromatic carbocycles. The topological polar surface area (TPSA) is 157 Å². The number of carbonyl (C=O) groups is 2. The number of halogens is 2. The molecule has 0 fully saturated rings. The van der Waals surface area contributed by atoms with Gasteiger partial charge in [-0.05, 0) is 60.2 Å². The zero-order valence-corrected chi connectivity index (χ0v) is 23.6. The standard InChI is InChI=1S/C31H26F2N4O7/c1-37(2)31(40)19-7-5-9-21(15-19)43-29-25(32)27(42-20-8-4-6-17(14-20)10-13-24(39)41-3)26(33)30(36-29)44-23-16-18(28(34)35)11-12-22(23)38/h4-16,38H,1-3H3,(H3,34,35). The summed E-state index contributed by atoms with van der Waals surface area (Å²) in [6.45, 7) is 0. The third-order valence-corrected chi connectivity index (χ3v) is 5.85. The lowest BCUT2D eigenvalue weighted by molar-refractivity contribution is -0.134. The predicted octanol–water partition coefficient (Wildman–Crippen LogP) is 5.61. The second kappa shape index (κ2) is 13.3. The number of phenols is 1. The number of esters is 1. The Hall–Kier alpha value is -5.98. The van der Waals surface area contributed by atoms with Crippen molar-refractivity contribution in [1.29, 1.82) is 5.41 Å². The van der Waals surface area contributed by atoms with Gasteiger partial charge >= 0.3 is 5.97 Å². The largest absolute Gasteiger partial charge is 0.504 e. The number of carbonyl (C=O) groups excluding carboxylic acids is 2. The van der Waals surface area contributed by atoms with E-state index >= 15 is 8.78 Å². The van der Waals surface area contributed by atoms with Crippen LogP contribution in [-0.2, 0) is 9.53 Å². The summed E-state index contributed by atoms with van der Waals surface area (Å²) in [6, 6.07) is 15.4. The summed E-state index contributed by atoms with van der Waals surface area (Å²) >= 11 is 0. The lowest BCUT2D eigenvalue weighted by Crippen LogP contribution is -2.21. The van der Waals surface area contributed by atoms with Crippen LogP contribution in [0.15, 0.2) is 72.8 Å². The van der Waals surface area contributed by atoms with Crippen LogP contribution in [0.25, 0.3) is 6.08 Å². The maximum atomic E-state index is 15.8. The van der Waals surface area contributed by atoms with Gasteiger partial charge in [0.1, 0.15) is 17.3 Å². The van der Waals surface area contributed by atoms with E-state index in [9.17, 15) is 14.7 Å². The first-order valence-electron chi connectivity index (χ1n) is 12.7. The molecule has 1 aromatic heterocycles. The maximum absolute atomic E-state index is 15.8. The SMILES string of the molecule is COC(=O)C=Cc1cccc(Oc2c(F)c(Oc3cccc(C(=O)N(C)C)c3)nc(Oc3cc(C(=N)N)ccc3O)c2F)c1. The van der Waals surface area contributed by atoms with E-state index in [0.29, 0.717) is 5.56 Å². The first-order chi connectivity index (χ1) is 21.0. The predicted molar refractivity (Wildman–Crippen MR) is 155 cm³/mol. The molecule has 4 rings (SSSR count). The molecule has 1 amide bonds.